The molecule has 1 aliphatic heterocycles. The van der Waals surface area contributed by atoms with E-state index in [1.54, 1.807) is 55.6 Å². The highest BCUT2D eigenvalue weighted by molar-refractivity contribution is 7.91. The van der Waals surface area contributed by atoms with Gasteiger partial charge >= 0.3 is 0 Å². The molecule has 0 unspecified atom stereocenters. The Balaban J connectivity index is 1.56. The number of carbonyl (C=O) groups excluding carboxylic acids is 1. The van der Waals surface area contributed by atoms with Gasteiger partial charge in [0.2, 0.25) is 9.47 Å². The van der Waals surface area contributed by atoms with Crippen molar-refractivity contribution in [1.82, 2.24) is 14.9 Å². The average molecular weight is 475 g/mol. The molecule has 2 aromatic carbocycles. The number of rotatable bonds is 6. The number of nitrogens with zero attached hydrogens (tertiary/aromatic N) is 2. The zero-order valence-electron chi connectivity index (χ0n) is 17.7. The van der Waals surface area contributed by atoms with Crippen LogP contribution in [0.4, 0.5) is 5.13 Å². The molecule has 11 heteroatoms. The molecule has 0 bridgehead atoms. The normalized spacial score (nSPS) is 17.2. The van der Waals surface area contributed by atoms with Gasteiger partial charge in [-0.15, -0.1) is 10.2 Å². The first-order valence-corrected chi connectivity index (χ1v) is 12.1. The number of sulfonamides is 1. The van der Waals surface area contributed by atoms with Crippen LogP contribution in [0.25, 0.3) is 0 Å². The first-order chi connectivity index (χ1) is 15.2. The second kappa shape index (κ2) is 8.49. The van der Waals surface area contributed by atoms with Crippen LogP contribution in [-0.2, 0) is 10.0 Å². The lowest BCUT2D eigenvalue weighted by Gasteiger charge is -2.37. The van der Waals surface area contributed by atoms with Crippen LogP contribution in [0.1, 0.15) is 42.2 Å². The third-order valence-electron chi connectivity index (χ3n) is 4.86. The highest BCUT2D eigenvalue weighted by Crippen LogP contribution is 2.41. The van der Waals surface area contributed by atoms with Gasteiger partial charge in [0.05, 0.1) is 13.2 Å². The predicted molar refractivity (Wildman–Crippen MR) is 120 cm³/mol. The Morgan fingerprint density at radius 2 is 1.94 bits per heavy atom. The molecule has 4 rings (SSSR count). The number of hydrogen-bond acceptors (Lipinski definition) is 8. The maximum absolute atomic E-state index is 13.1. The number of aromatic nitrogens is 2. The fourth-order valence-electron chi connectivity index (χ4n) is 3.43. The van der Waals surface area contributed by atoms with Gasteiger partial charge in [0.15, 0.2) is 0 Å². The molecular formula is C21H22N4O5S2. The van der Waals surface area contributed by atoms with Crippen molar-refractivity contribution in [3.8, 4) is 11.5 Å². The van der Waals surface area contributed by atoms with Crippen LogP contribution in [0.15, 0.2) is 52.9 Å². The zero-order chi connectivity index (χ0) is 22.9. The summed E-state index contributed by atoms with van der Waals surface area (Å²) in [5, 5.41) is 10.3. The molecule has 1 aromatic heterocycles. The van der Waals surface area contributed by atoms with Crippen molar-refractivity contribution in [2.45, 2.75) is 36.3 Å². The van der Waals surface area contributed by atoms with Gasteiger partial charge in [-0.3, -0.25) is 10.1 Å². The molecule has 0 saturated heterocycles. The van der Waals surface area contributed by atoms with Gasteiger partial charge in [-0.25, -0.2) is 13.1 Å². The van der Waals surface area contributed by atoms with Crippen LogP contribution in [-0.4, -0.2) is 37.2 Å². The quantitative estimate of drug-likeness (QED) is 0.526. The van der Waals surface area contributed by atoms with Crippen LogP contribution in [0, 0.1) is 0 Å². The van der Waals surface area contributed by atoms with E-state index in [0.29, 0.717) is 29.0 Å². The monoisotopic (exact) mass is 474 g/mol. The number of carbonyl (C=O) groups is 1. The third-order valence-corrected chi connectivity index (χ3v) is 7.54. The zero-order valence-corrected chi connectivity index (χ0v) is 19.3. The van der Waals surface area contributed by atoms with Gasteiger partial charge in [0.1, 0.15) is 17.1 Å². The van der Waals surface area contributed by atoms with Gasteiger partial charge < -0.3 is 9.47 Å². The molecule has 0 fully saturated rings. The highest BCUT2D eigenvalue weighted by Gasteiger charge is 2.37. The van der Waals surface area contributed by atoms with E-state index in [1.165, 1.54) is 0 Å². The van der Waals surface area contributed by atoms with Crippen molar-refractivity contribution in [3.05, 3.63) is 59.7 Å². The Morgan fingerprint density at radius 3 is 2.66 bits per heavy atom. The number of methoxy groups -OCH3 is 1. The predicted octanol–water partition coefficient (Wildman–Crippen LogP) is 3.38. The minimum absolute atomic E-state index is 0.0913. The number of fused-ring (bicyclic) bond motifs is 1. The number of amides is 1. The molecule has 168 valence electrons. The first kappa shape index (κ1) is 22.2. The van der Waals surface area contributed by atoms with Gasteiger partial charge in [0, 0.05) is 17.5 Å². The summed E-state index contributed by atoms with van der Waals surface area (Å²) in [5.41, 5.74) is 0.527. The van der Waals surface area contributed by atoms with Gasteiger partial charge in [0.25, 0.3) is 15.9 Å². The van der Waals surface area contributed by atoms with E-state index in [1.807, 2.05) is 13.8 Å². The van der Waals surface area contributed by atoms with Gasteiger partial charge in [-0.05, 0) is 44.2 Å². The second-order valence-corrected chi connectivity index (χ2v) is 10.7. The smallest absolute Gasteiger partial charge is 0.270 e. The minimum atomic E-state index is -4.00. The van der Waals surface area contributed by atoms with Gasteiger partial charge in [-0.2, -0.15) is 0 Å². The molecule has 3 aromatic rings. The van der Waals surface area contributed by atoms with Crippen molar-refractivity contribution in [3.63, 3.8) is 0 Å². The number of anilines is 1. The van der Waals surface area contributed by atoms with Gasteiger partial charge in [-0.1, -0.05) is 29.5 Å². The standard InChI is InChI=1S/C21H22N4O5S2/c1-21(2)12-16(15-11-14(29-3)9-10-17(15)30-21)25-32(27,28)20-24-23-19(31-20)22-18(26)13-7-5-4-6-8-13/h4-11,16,25H,12H2,1-3H3,(H,22,23,26)/t16-/m1/s1. The SMILES string of the molecule is COc1ccc2c(c1)[C@H](NS(=O)(=O)c1nnc(NC(=O)c3ccccc3)s1)CC(C)(C)O2. The maximum atomic E-state index is 13.1. The van der Waals surface area contributed by atoms with Crippen LogP contribution in [0.3, 0.4) is 0 Å². The number of nitrogens with one attached hydrogen (secondary N) is 2. The molecule has 9 nitrogen and oxygen atoms in total. The summed E-state index contributed by atoms with van der Waals surface area (Å²) in [6.07, 6.45) is 0.406. The molecule has 2 N–H and O–H groups in total. The van der Waals surface area contributed by atoms with E-state index >= 15 is 0 Å². The van der Waals surface area contributed by atoms with Crippen molar-refractivity contribution in [1.29, 1.82) is 0 Å². The minimum Gasteiger partial charge on any atom is -0.497 e. The van der Waals surface area contributed by atoms with Crippen LogP contribution >= 0.6 is 11.3 Å². The molecule has 1 atom stereocenters. The summed E-state index contributed by atoms with van der Waals surface area (Å²) in [6, 6.07) is 13.3. The van der Waals surface area contributed by atoms with E-state index in [-0.39, 0.29) is 9.47 Å². The van der Waals surface area contributed by atoms with Crippen molar-refractivity contribution in [2.75, 3.05) is 12.4 Å². The molecule has 1 amide bonds. The number of hydrogen-bond donors (Lipinski definition) is 2. The molecule has 2 heterocycles. The largest absolute Gasteiger partial charge is 0.497 e. The molecule has 0 aliphatic carbocycles. The van der Waals surface area contributed by atoms with Crippen molar-refractivity contribution < 1.29 is 22.7 Å². The summed E-state index contributed by atoms with van der Waals surface area (Å²) >= 11 is 0.780. The first-order valence-electron chi connectivity index (χ1n) is 9.76. The Labute approximate surface area is 189 Å². The summed E-state index contributed by atoms with van der Waals surface area (Å²) in [5.74, 6) is 0.784. The molecule has 0 spiro atoms. The number of benzene rings is 2. The van der Waals surface area contributed by atoms with E-state index in [4.69, 9.17) is 9.47 Å². The Morgan fingerprint density at radius 1 is 1.19 bits per heavy atom. The summed E-state index contributed by atoms with van der Waals surface area (Å²) < 4.78 is 39.9. The van der Waals surface area contributed by atoms with Crippen LogP contribution in [0.2, 0.25) is 0 Å². The Bertz CT molecular complexity index is 1240. The Hall–Kier alpha value is -3.02. The topological polar surface area (TPSA) is 120 Å². The third kappa shape index (κ3) is 4.74. The lowest BCUT2D eigenvalue weighted by molar-refractivity contribution is 0.0700. The second-order valence-electron chi connectivity index (χ2n) is 7.84. The molecule has 32 heavy (non-hydrogen) atoms. The van der Waals surface area contributed by atoms with Crippen LogP contribution < -0.4 is 19.5 Å². The fourth-order valence-corrected chi connectivity index (χ4v) is 5.56. The molecular weight excluding hydrogens is 452 g/mol. The summed E-state index contributed by atoms with van der Waals surface area (Å²) in [7, 11) is -2.46. The lowest BCUT2D eigenvalue weighted by atomic mass is 9.90. The lowest BCUT2D eigenvalue weighted by Crippen LogP contribution is -2.41. The van der Waals surface area contributed by atoms with Crippen molar-refractivity contribution in [2.24, 2.45) is 0 Å². The Kier molecular flexibility index (Phi) is 5.89. The van der Waals surface area contributed by atoms with Crippen LogP contribution in [0.5, 0.6) is 11.5 Å². The number of ether oxygens (including phenoxy) is 2. The average Bonchev–Trinajstić information content (AvgIpc) is 3.23. The highest BCUT2D eigenvalue weighted by atomic mass is 32.2. The summed E-state index contributed by atoms with van der Waals surface area (Å²) in [4.78, 5) is 12.3. The van der Waals surface area contributed by atoms with E-state index in [2.05, 4.69) is 20.2 Å². The van der Waals surface area contributed by atoms with E-state index < -0.39 is 27.6 Å². The van der Waals surface area contributed by atoms with E-state index in [0.717, 1.165) is 11.3 Å². The molecule has 0 radical (unpaired) electrons. The molecule has 0 saturated carbocycles. The fraction of sp³-hybridized carbons (Fsp3) is 0.286. The van der Waals surface area contributed by atoms with E-state index in [9.17, 15) is 13.2 Å². The maximum Gasteiger partial charge on any atom is 0.270 e. The summed E-state index contributed by atoms with van der Waals surface area (Å²) in [6.45, 7) is 3.78. The molecule has 1 aliphatic rings. The van der Waals surface area contributed by atoms with Crippen molar-refractivity contribution >= 4 is 32.4 Å².